The van der Waals surface area contributed by atoms with E-state index in [9.17, 15) is 9.59 Å². The molecule has 8 nitrogen and oxygen atoms in total. The molecule has 4 rings (SSSR count). The van der Waals surface area contributed by atoms with Crippen LogP contribution in [-0.4, -0.2) is 33.1 Å². The van der Waals surface area contributed by atoms with Crippen LogP contribution in [0.1, 0.15) is 44.3 Å². The fourth-order valence-corrected chi connectivity index (χ4v) is 4.43. The number of aryl methyl sites for hydroxylation is 3. The SMILES string of the molecule is Cc1noc(C)c1COc1ccc(CC(=O)OCC(=O)c2cc(C)n(-c3nccs3)c2C)cc1. The molecule has 0 atom stereocenters. The molecule has 0 aliphatic heterocycles. The van der Waals surface area contributed by atoms with Crippen LogP contribution in [-0.2, 0) is 22.6 Å². The van der Waals surface area contributed by atoms with E-state index in [0.29, 0.717) is 17.9 Å². The third-order valence-corrected chi connectivity index (χ3v) is 6.30. The van der Waals surface area contributed by atoms with Gasteiger partial charge in [-0.25, -0.2) is 4.98 Å². The third-order valence-electron chi connectivity index (χ3n) is 5.54. The normalized spacial score (nSPS) is 10.9. The van der Waals surface area contributed by atoms with E-state index in [4.69, 9.17) is 14.0 Å². The van der Waals surface area contributed by atoms with Crippen molar-refractivity contribution in [2.45, 2.75) is 40.7 Å². The Morgan fingerprint density at radius 3 is 2.53 bits per heavy atom. The zero-order valence-corrected chi connectivity index (χ0v) is 20.3. The van der Waals surface area contributed by atoms with Crippen molar-refractivity contribution in [2.24, 2.45) is 0 Å². The van der Waals surface area contributed by atoms with Crippen molar-refractivity contribution < 1.29 is 23.6 Å². The Balaban J connectivity index is 1.29. The van der Waals surface area contributed by atoms with Crippen molar-refractivity contribution in [3.8, 4) is 10.9 Å². The summed E-state index contributed by atoms with van der Waals surface area (Å²) in [5.41, 5.74) is 4.70. The minimum atomic E-state index is -0.466. The van der Waals surface area contributed by atoms with Gasteiger partial charge >= 0.3 is 5.97 Å². The van der Waals surface area contributed by atoms with Crippen molar-refractivity contribution in [3.05, 3.63) is 81.4 Å². The molecular weight excluding hydrogens is 454 g/mol. The summed E-state index contributed by atoms with van der Waals surface area (Å²) < 4.78 is 18.1. The molecule has 4 aromatic rings. The van der Waals surface area contributed by atoms with Crippen molar-refractivity contribution >= 4 is 23.1 Å². The van der Waals surface area contributed by atoms with Gasteiger partial charge in [-0.15, -0.1) is 11.3 Å². The van der Waals surface area contributed by atoms with Crippen LogP contribution in [0.2, 0.25) is 0 Å². The lowest BCUT2D eigenvalue weighted by molar-refractivity contribution is -0.141. The Labute approximate surface area is 201 Å². The van der Waals surface area contributed by atoms with Crippen LogP contribution in [0, 0.1) is 27.7 Å². The standard InChI is InChI=1S/C25H25N3O5S/c1-15-11-21(17(3)28(15)25-26-9-10-34-25)23(29)14-32-24(30)12-19-5-7-20(8-6-19)31-13-22-16(2)27-33-18(22)4/h5-11H,12-14H2,1-4H3. The molecule has 0 unspecified atom stereocenters. The topological polar surface area (TPSA) is 96.5 Å². The quantitative estimate of drug-likeness (QED) is 0.253. The Morgan fingerprint density at radius 2 is 1.88 bits per heavy atom. The van der Waals surface area contributed by atoms with E-state index >= 15 is 0 Å². The molecule has 0 spiro atoms. The number of ketones is 1. The van der Waals surface area contributed by atoms with Gasteiger partial charge in [-0.05, 0) is 51.5 Å². The maximum Gasteiger partial charge on any atom is 0.310 e. The first kappa shape index (κ1) is 23.4. The highest BCUT2D eigenvalue weighted by Crippen LogP contribution is 2.23. The Bertz CT molecular complexity index is 1280. The predicted molar refractivity (Wildman–Crippen MR) is 127 cm³/mol. The van der Waals surface area contributed by atoms with Crippen LogP contribution < -0.4 is 4.74 Å². The summed E-state index contributed by atoms with van der Waals surface area (Å²) in [5, 5.41) is 6.59. The first-order chi connectivity index (χ1) is 16.3. The molecule has 0 saturated heterocycles. The molecule has 0 aliphatic carbocycles. The third kappa shape index (κ3) is 5.09. The monoisotopic (exact) mass is 479 g/mol. The maximum absolute atomic E-state index is 12.7. The summed E-state index contributed by atoms with van der Waals surface area (Å²) in [6, 6.07) is 8.98. The highest BCUT2D eigenvalue weighted by Gasteiger charge is 2.19. The molecule has 0 bridgehead atoms. The van der Waals surface area contributed by atoms with Gasteiger partial charge in [0.15, 0.2) is 11.7 Å². The predicted octanol–water partition coefficient (Wildman–Crippen LogP) is 4.70. The average molecular weight is 480 g/mol. The van der Waals surface area contributed by atoms with Gasteiger partial charge in [0, 0.05) is 28.5 Å². The molecule has 0 fully saturated rings. The van der Waals surface area contributed by atoms with Gasteiger partial charge in [0.25, 0.3) is 0 Å². The van der Waals surface area contributed by atoms with Crippen LogP contribution in [0.25, 0.3) is 5.13 Å². The zero-order valence-electron chi connectivity index (χ0n) is 19.5. The fourth-order valence-electron chi connectivity index (χ4n) is 3.67. The second-order valence-electron chi connectivity index (χ2n) is 7.93. The number of hydrogen-bond acceptors (Lipinski definition) is 8. The van der Waals surface area contributed by atoms with Gasteiger partial charge in [0.05, 0.1) is 17.7 Å². The van der Waals surface area contributed by atoms with E-state index < -0.39 is 5.97 Å². The van der Waals surface area contributed by atoms with Gasteiger partial charge in [-0.2, -0.15) is 0 Å². The molecule has 3 aromatic heterocycles. The second-order valence-corrected chi connectivity index (χ2v) is 8.80. The Hall–Kier alpha value is -3.72. The van der Waals surface area contributed by atoms with Crippen LogP contribution in [0.3, 0.4) is 0 Å². The van der Waals surface area contributed by atoms with Crippen LogP contribution in [0.15, 0.2) is 46.4 Å². The summed E-state index contributed by atoms with van der Waals surface area (Å²) in [7, 11) is 0. The molecule has 0 N–H and O–H groups in total. The maximum atomic E-state index is 12.7. The molecule has 9 heteroatoms. The van der Waals surface area contributed by atoms with E-state index in [1.54, 1.807) is 36.5 Å². The number of benzene rings is 1. The molecule has 0 amide bonds. The molecule has 0 radical (unpaired) electrons. The summed E-state index contributed by atoms with van der Waals surface area (Å²) >= 11 is 1.49. The largest absolute Gasteiger partial charge is 0.489 e. The number of aromatic nitrogens is 3. The number of carbonyl (C=O) groups is 2. The summed E-state index contributed by atoms with van der Waals surface area (Å²) in [4.78, 5) is 29.3. The molecule has 3 heterocycles. The van der Waals surface area contributed by atoms with Crippen molar-refractivity contribution in [1.29, 1.82) is 0 Å². The number of Topliss-reactive ketones (excluding diaryl/α,β-unsaturated/α-hetero) is 1. The van der Waals surface area contributed by atoms with Crippen LogP contribution in [0.5, 0.6) is 5.75 Å². The number of nitrogens with zero attached hydrogens (tertiary/aromatic N) is 3. The fraction of sp³-hybridized carbons (Fsp3) is 0.280. The summed E-state index contributed by atoms with van der Waals surface area (Å²) in [6.07, 6.45) is 1.79. The van der Waals surface area contributed by atoms with E-state index in [-0.39, 0.29) is 18.8 Å². The molecule has 0 saturated carbocycles. The molecule has 1 aromatic carbocycles. The van der Waals surface area contributed by atoms with Gasteiger partial charge in [-0.1, -0.05) is 17.3 Å². The number of thiazole rings is 1. The van der Waals surface area contributed by atoms with Crippen molar-refractivity contribution in [1.82, 2.24) is 14.7 Å². The van der Waals surface area contributed by atoms with Gasteiger partial charge < -0.3 is 14.0 Å². The van der Waals surface area contributed by atoms with Gasteiger partial charge in [0.2, 0.25) is 5.78 Å². The summed E-state index contributed by atoms with van der Waals surface area (Å²) in [6.45, 7) is 7.54. The first-order valence-electron chi connectivity index (χ1n) is 10.7. The highest BCUT2D eigenvalue weighted by molar-refractivity contribution is 7.12. The summed E-state index contributed by atoms with van der Waals surface area (Å²) in [5.74, 6) is 0.693. The lowest BCUT2D eigenvalue weighted by atomic mass is 10.1. The molecular formula is C25H25N3O5S. The number of hydrogen-bond donors (Lipinski definition) is 0. The number of rotatable bonds is 9. The van der Waals surface area contributed by atoms with Gasteiger partial charge in [0.1, 0.15) is 18.1 Å². The molecule has 0 aliphatic rings. The van der Waals surface area contributed by atoms with Crippen LogP contribution >= 0.6 is 11.3 Å². The zero-order chi connectivity index (χ0) is 24.2. The van der Waals surface area contributed by atoms with Crippen molar-refractivity contribution in [2.75, 3.05) is 6.61 Å². The number of ether oxygens (including phenoxy) is 2. The van der Waals surface area contributed by atoms with E-state index in [1.807, 2.05) is 37.6 Å². The Kier molecular flexibility index (Phi) is 6.93. The van der Waals surface area contributed by atoms with E-state index in [1.165, 1.54) is 11.3 Å². The molecule has 176 valence electrons. The second kappa shape index (κ2) is 10.0. The van der Waals surface area contributed by atoms with Crippen molar-refractivity contribution in [3.63, 3.8) is 0 Å². The number of esters is 1. The average Bonchev–Trinajstić information content (AvgIpc) is 3.52. The minimum absolute atomic E-state index is 0.0650. The van der Waals surface area contributed by atoms with E-state index in [2.05, 4.69) is 10.1 Å². The smallest absolute Gasteiger partial charge is 0.310 e. The lowest BCUT2D eigenvalue weighted by Crippen LogP contribution is -2.16. The van der Waals surface area contributed by atoms with Crippen LogP contribution in [0.4, 0.5) is 0 Å². The molecule has 34 heavy (non-hydrogen) atoms. The minimum Gasteiger partial charge on any atom is -0.489 e. The first-order valence-corrected chi connectivity index (χ1v) is 11.6. The number of carbonyl (C=O) groups excluding carboxylic acids is 2. The lowest BCUT2D eigenvalue weighted by Gasteiger charge is -2.08. The Morgan fingerprint density at radius 1 is 1.12 bits per heavy atom. The van der Waals surface area contributed by atoms with E-state index in [0.717, 1.165) is 39.1 Å². The highest BCUT2D eigenvalue weighted by atomic mass is 32.1. The van der Waals surface area contributed by atoms with Gasteiger partial charge in [-0.3, -0.25) is 14.2 Å².